The largest absolute Gasteiger partial charge is 0.336 e. The molecule has 1 aromatic heterocycles. The Kier molecular flexibility index (Phi) is 5.66. The summed E-state index contributed by atoms with van der Waals surface area (Å²) in [6, 6.07) is 4.03. The summed E-state index contributed by atoms with van der Waals surface area (Å²) in [6.45, 7) is 4.40. The van der Waals surface area contributed by atoms with E-state index >= 15 is 0 Å². The second-order valence-corrected chi connectivity index (χ2v) is 7.13. The molecule has 2 aliphatic rings. The number of urea groups is 1. The monoisotopic (exact) mass is 398 g/mol. The maximum absolute atomic E-state index is 14.4. The van der Waals surface area contributed by atoms with Gasteiger partial charge in [0.25, 0.3) is 5.91 Å². The molecule has 0 aliphatic carbocycles. The van der Waals surface area contributed by atoms with Crippen molar-refractivity contribution in [1.82, 2.24) is 25.1 Å². The van der Waals surface area contributed by atoms with Crippen molar-refractivity contribution in [3.63, 3.8) is 0 Å². The fraction of sp³-hybridized carbons (Fsp3) is 0.400. The molecular formula is C20H23FN6O2. The van der Waals surface area contributed by atoms with Gasteiger partial charge in [0.15, 0.2) is 0 Å². The molecule has 0 radical (unpaired) electrons. The molecule has 29 heavy (non-hydrogen) atoms. The van der Waals surface area contributed by atoms with E-state index in [9.17, 15) is 14.0 Å². The SMILES string of the molecule is O=C(c1cc(N2CCNC2=O)ccc1F)N1CCN(CCc2cnccn2)CC1. The third kappa shape index (κ3) is 4.34. The summed E-state index contributed by atoms with van der Waals surface area (Å²) >= 11 is 0. The number of piperazine rings is 1. The molecular weight excluding hydrogens is 375 g/mol. The van der Waals surface area contributed by atoms with Gasteiger partial charge in [-0.05, 0) is 18.2 Å². The van der Waals surface area contributed by atoms with Crippen molar-refractivity contribution in [2.24, 2.45) is 0 Å². The first-order valence-electron chi connectivity index (χ1n) is 9.73. The Morgan fingerprint density at radius 3 is 2.66 bits per heavy atom. The molecule has 0 spiro atoms. The van der Waals surface area contributed by atoms with Gasteiger partial charge in [-0.2, -0.15) is 0 Å². The minimum atomic E-state index is -0.566. The maximum atomic E-state index is 14.4. The highest BCUT2D eigenvalue weighted by molar-refractivity contribution is 5.98. The van der Waals surface area contributed by atoms with E-state index < -0.39 is 5.82 Å². The Bertz CT molecular complexity index is 886. The molecule has 4 rings (SSSR count). The number of anilines is 1. The van der Waals surface area contributed by atoms with Crippen molar-refractivity contribution < 1.29 is 14.0 Å². The van der Waals surface area contributed by atoms with E-state index in [1.165, 1.54) is 23.1 Å². The molecule has 0 unspecified atom stereocenters. The lowest BCUT2D eigenvalue weighted by molar-refractivity contribution is 0.0633. The highest BCUT2D eigenvalue weighted by atomic mass is 19.1. The summed E-state index contributed by atoms with van der Waals surface area (Å²) in [5.74, 6) is -0.902. The Labute approximate surface area is 168 Å². The van der Waals surface area contributed by atoms with Crippen molar-refractivity contribution in [2.75, 3.05) is 50.7 Å². The number of nitrogens with zero attached hydrogens (tertiary/aromatic N) is 5. The van der Waals surface area contributed by atoms with Crippen LogP contribution in [-0.4, -0.2) is 77.5 Å². The third-order valence-electron chi connectivity index (χ3n) is 5.31. The lowest BCUT2D eigenvalue weighted by Crippen LogP contribution is -2.49. The van der Waals surface area contributed by atoms with Gasteiger partial charge in [0.2, 0.25) is 0 Å². The number of amides is 3. The topological polar surface area (TPSA) is 81.7 Å². The molecule has 3 amide bonds. The number of rotatable bonds is 5. The molecule has 3 heterocycles. The first-order valence-corrected chi connectivity index (χ1v) is 9.73. The lowest BCUT2D eigenvalue weighted by atomic mass is 10.1. The summed E-state index contributed by atoms with van der Waals surface area (Å²) in [5, 5.41) is 2.71. The standard InChI is InChI=1S/C20H23FN6O2/c21-18-2-1-16(27-8-6-24-20(27)29)13-17(18)19(28)26-11-9-25(10-12-26)7-3-15-14-22-4-5-23-15/h1-2,4-5,13-14H,3,6-12H2,(H,24,29). The average Bonchev–Trinajstić information content (AvgIpc) is 3.19. The zero-order valence-electron chi connectivity index (χ0n) is 16.1. The molecule has 1 aromatic carbocycles. The van der Waals surface area contributed by atoms with E-state index in [-0.39, 0.29) is 17.5 Å². The molecule has 1 N–H and O–H groups in total. The summed E-state index contributed by atoms with van der Waals surface area (Å²) < 4.78 is 14.4. The number of aromatic nitrogens is 2. The van der Waals surface area contributed by atoms with Crippen LogP contribution in [0.15, 0.2) is 36.8 Å². The van der Waals surface area contributed by atoms with Crippen LogP contribution in [0, 0.1) is 5.82 Å². The van der Waals surface area contributed by atoms with Crippen molar-refractivity contribution in [3.8, 4) is 0 Å². The zero-order chi connectivity index (χ0) is 20.2. The van der Waals surface area contributed by atoms with Crippen LogP contribution < -0.4 is 10.2 Å². The summed E-state index contributed by atoms with van der Waals surface area (Å²) in [7, 11) is 0. The Morgan fingerprint density at radius 1 is 1.14 bits per heavy atom. The second-order valence-electron chi connectivity index (χ2n) is 7.13. The van der Waals surface area contributed by atoms with Gasteiger partial charge in [0, 0.05) is 76.5 Å². The second kappa shape index (κ2) is 8.52. The van der Waals surface area contributed by atoms with Crippen LogP contribution in [-0.2, 0) is 6.42 Å². The zero-order valence-corrected chi connectivity index (χ0v) is 16.1. The van der Waals surface area contributed by atoms with Gasteiger partial charge in [-0.3, -0.25) is 24.6 Å². The summed E-state index contributed by atoms with van der Waals surface area (Å²) in [5.41, 5.74) is 1.48. The first-order chi connectivity index (χ1) is 14.1. The number of benzene rings is 1. The van der Waals surface area contributed by atoms with Crippen LogP contribution in [0.1, 0.15) is 16.1 Å². The number of hydrogen-bond acceptors (Lipinski definition) is 5. The van der Waals surface area contributed by atoms with Crippen molar-refractivity contribution in [3.05, 3.63) is 53.9 Å². The maximum Gasteiger partial charge on any atom is 0.321 e. The van der Waals surface area contributed by atoms with E-state index in [1.54, 1.807) is 23.5 Å². The minimum absolute atomic E-state index is 0.00945. The van der Waals surface area contributed by atoms with Crippen molar-refractivity contribution in [2.45, 2.75) is 6.42 Å². The molecule has 9 heteroatoms. The summed E-state index contributed by atoms with van der Waals surface area (Å²) in [6.07, 6.45) is 5.89. The number of nitrogens with one attached hydrogen (secondary N) is 1. The highest BCUT2D eigenvalue weighted by Gasteiger charge is 2.27. The average molecular weight is 398 g/mol. The lowest BCUT2D eigenvalue weighted by Gasteiger charge is -2.34. The highest BCUT2D eigenvalue weighted by Crippen LogP contribution is 2.22. The van der Waals surface area contributed by atoms with Crippen LogP contribution in [0.5, 0.6) is 0 Å². The van der Waals surface area contributed by atoms with Crippen molar-refractivity contribution in [1.29, 1.82) is 0 Å². The normalized spacial score (nSPS) is 17.5. The van der Waals surface area contributed by atoms with Crippen LogP contribution >= 0.6 is 0 Å². The third-order valence-corrected chi connectivity index (χ3v) is 5.31. The number of carbonyl (C=O) groups is 2. The van der Waals surface area contributed by atoms with E-state index in [1.807, 2.05) is 0 Å². The fourth-order valence-corrected chi connectivity index (χ4v) is 3.64. The smallest absolute Gasteiger partial charge is 0.321 e. The molecule has 2 aromatic rings. The van der Waals surface area contributed by atoms with E-state index in [0.717, 1.165) is 31.7 Å². The van der Waals surface area contributed by atoms with E-state index in [0.29, 0.717) is 31.9 Å². The first kappa shape index (κ1) is 19.3. The van der Waals surface area contributed by atoms with Gasteiger partial charge in [-0.1, -0.05) is 0 Å². The quantitative estimate of drug-likeness (QED) is 0.817. The van der Waals surface area contributed by atoms with Crippen LogP contribution in [0.25, 0.3) is 0 Å². The predicted molar refractivity (Wildman–Crippen MR) is 105 cm³/mol. The fourth-order valence-electron chi connectivity index (χ4n) is 3.64. The Morgan fingerprint density at radius 2 is 1.97 bits per heavy atom. The molecule has 2 saturated heterocycles. The number of hydrogen-bond donors (Lipinski definition) is 1. The molecule has 2 aliphatic heterocycles. The molecule has 2 fully saturated rings. The molecule has 0 bridgehead atoms. The molecule has 0 atom stereocenters. The van der Waals surface area contributed by atoms with Crippen LogP contribution in [0.2, 0.25) is 0 Å². The van der Waals surface area contributed by atoms with Gasteiger partial charge < -0.3 is 10.2 Å². The Balaban J connectivity index is 1.36. The molecule has 152 valence electrons. The van der Waals surface area contributed by atoms with Crippen LogP contribution in [0.3, 0.4) is 0 Å². The summed E-state index contributed by atoms with van der Waals surface area (Å²) in [4.78, 5) is 38.5. The molecule has 8 nitrogen and oxygen atoms in total. The minimum Gasteiger partial charge on any atom is -0.336 e. The Hall–Kier alpha value is -3.07. The van der Waals surface area contributed by atoms with Gasteiger partial charge in [0.1, 0.15) is 5.82 Å². The van der Waals surface area contributed by atoms with Gasteiger partial charge in [0.05, 0.1) is 11.3 Å². The number of halogens is 1. The van der Waals surface area contributed by atoms with E-state index in [2.05, 4.69) is 20.2 Å². The van der Waals surface area contributed by atoms with Gasteiger partial charge in [-0.15, -0.1) is 0 Å². The van der Waals surface area contributed by atoms with Gasteiger partial charge in [-0.25, -0.2) is 9.18 Å². The van der Waals surface area contributed by atoms with E-state index in [4.69, 9.17) is 0 Å². The predicted octanol–water partition coefficient (Wildman–Crippen LogP) is 1.15. The number of carbonyl (C=O) groups excluding carboxylic acids is 2. The molecule has 0 saturated carbocycles. The van der Waals surface area contributed by atoms with Crippen LogP contribution in [0.4, 0.5) is 14.9 Å². The van der Waals surface area contributed by atoms with Gasteiger partial charge >= 0.3 is 6.03 Å². The van der Waals surface area contributed by atoms with Crippen molar-refractivity contribution >= 4 is 17.6 Å².